The van der Waals surface area contributed by atoms with E-state index in [0.717, 1.165) is 6.07 Å². The Bertz CT molecular complexity index is 1320. The van der Waals surface area contributed by atoms with Gasteiger partial charge in [0, 0.05) is 11.6 Å². The van der Waals surface area contributed by atoms with Gasteiger partial charge in [0.1, 0.15) is 29.4 Å². The molecule has 0 saturated carbocycles. The van der Waals surface area contributed by atoms with Gasteiger partial charge in [-0.2, -0.15) is 0 Å². The van der Waals surface area contributed by atoms with Gasteiger partial charge in [0.15, 0.2) is 28.6 Å². The fourth-order valence-electron chi connectivity index (χ4n) is 3.84. The lowest BCUT2D eigenvalue weighted by Crippen LogP contribution is -2.58. The number of ether oxygens (including phenoxy) is 4. The number of methoxy groups -OCH3 is 2. The second-order valence-electron chi connectivity index (χ2n) is 7.93. The molecule has 0 radical (unpaired) electrons. The SMILES string of the molecule is COc1cc(-c2oc3c(OC)c(O)cc(O)c3c(=O)c2O[C@@H]2OC(C)[C@H](O)C(O)[C@@H]2O)ccc1O. The lowest BCUT2D eigenvalue weighted by atomic mass is 10.00. The van der Waals surface area contributed by atoms with Crippen LogP contribution >= 0.6 is 0 Å². The average Bonchev–Trinajstić information content (AvgIpc) is 2.82. The van der Waals surface area contributed by atoms with Crippen molar-refractivity contribution in [2.24, 2.45) is 0 Å². The van der Waals surface area contributed by atoms with E-state index in [9.17, 15) is 35.4 Å². The van der Waals surface area contributed by atoms with Crippen molar-refractivity contribution < 1.29 is 54.0 Å². The number of rotatable bonds is 5. The number of aromatic hydroxyl groups is 3. The Morgan fingerprint density at radius 3 is 2.23 bits per heavy atom. The van der Waals surface area contributed by atoms with E-state index < -0.39 is 58.8 Å². The maximum Gasteiger partial charge on any atom is 0.239 e. The Hall–Kier alpha value is -3.71. The first-order valence-electron chi connectivity index (χ1n) is 10.4. The minimum atomic E-state index is -1.75. The third-order valence-corrected chi connectivity index (χ3v) is 5.73. The van der Waals surface area contributed by atoms with Crippen LogP contribution in [0.4, 0.5) is 0 Å². The van der Waals surface area contributed by atoms with Gasteiger partial charge in [0.05, 0.1) is 20.3 Å². The van der Waals surface area contributed by atoms with Crippen molar-refractivity contribution in [3.63, 3.8) is 0 Å². The van der Waals surface area contributed by atoms with Gasteiger partial charge in [-0.15, -0.1) is 0 Å². The lowest BCUT2D eigenvalue weighted by Gasteiger charge is -2.38. The maximum absolute atomic E-state index is 13.5. The molecule has 0 amide bonds. The Kier molecular flexibility index (Phi) is 6.38. The number of aliphatic hydroxyl groups excluding tert-OH is 3. The minimum Gasteiger partial charge on any atom is -0.507 e. The zero-order valence-electron chi connectivity index (χ0n) is 18.8. The number of hydrogen-bond donors (Lipinski definition) is 6. The molecule has 4 rings (SSSR count). The van der Waals surface area contributed by atoms with E-state index in [2.05, 4.69) is 0 Å². The van der Waals surface area contributed by atoms with Crippen LogP contribution in [0.3, 0.4) is 0 Å². The van der Waals surface area contributed by atoms with Crippen LogP contribution in [-0.4, -0.2) is 75.6 Å². The summed E-state index contributed by atoms with van der Waals surface area (Å²) in [6.45, 7) is 1.43. The quantitative estimate of drug-likeness (QED) is 0.294. The molecule has 1 aliphatic rings. The number of hydrogen-bond acceptors (Lipinski definition) is 12. The molecular weight excluding hydrogens is 468 g/mol. The van der Waals surface area contributed by atoms with Crippen LogP contribution in [0.2, 0.25) is 0 Å². The third-order valence-electron chi connectivity index (χ3n) is 5.73. The van der Waals surface area contributed by atoms with Crippen LogP contribution < -0.4 is 19.6 Å². The van der Waals surface area contributed by atoms with Gasteiger partial charge in [-0.05, 0) is 25.1 Å². The maximum atomic E-state index is 13.5. The van der Waals surface area contributed by atoms with Crippen LogP contribution in [0.5, 0.6) is 34.5 Å². The van der Waals surface area contributed by atoms with Crippen molar-refractivity contribution in [2.45, 2.75) is 37.6 Å². The molecule has 6 N–H and O–H groups in total. The monoisotopic (exact) mass is 492 g/mol. The smallest absolute Gasteiger partial charge is 0.239 e. The van der Waals surface area contributed by atoms with Gasteiger partial charge >= 0.3 is 0 Å². The number of aliphatic hydroxyl groups is 3. The van der Waals surface area contributed by atoms with Crippen LogP contribution in [0.15, 0.2) is 33.5 Å². The molecule has 0 bridgehead atoms. The van der Waals surface area contributed by atoms with E-state index in [1.165, 1.54) is 39.3 Å². The molecule has 3 aromatic rings. The van der Waals surface area contributed by atoms with Crippen LogP contribution in [0.25, 0.3) is 22.3 Å². The Labute approximate surface area is 197 Å². The molecule has 1 saturated heterocycles. The summed E-state index contributed by atoms with van der Waals surface area (Å²) < 4.78 is 27.3. The zero-order valence-corrected chi connectivity index (χ0v) is 18.8. The van der Waals surface area contributed by atoms with E-state index in [4.69, 9.17) is 23.4 Å². The van der Waals surface area contributed by atoms with Gasteiger partial charge < -0.3 is 54.0 Å². The van der Waals surface area contributed by atoms with Gasteiger partial charge in [0.2, 0.25) is 23.2 Å². The topological polar surface area (TPSA) is 189 Å². The van der Waals surface area contributed by atoms with Gasteiger partial charge in [-0.1, -0.05) is 0 Å². The third kappa shape index (κ3) is 4.06. The molecule has 1 fully saturated rings. The summed E-state index contributed by atoms with van der Waals surface area (Å²) in [4.78, 5) is 13.5. The van der Waals surface area contributed by atoms with Gasteiger partial charge in [0.25, 0.3) is 0 Å². The highest BCUT2D eigenvalue weighted by molar-refractivity contribution is 5.93. The molecule has 2 aromatic carbocycles. The number of phenols is 3. The Balaban J connectivity index is 1.99. The predicted molar refractivity (Wildman–Crippen MR) is 119 cm³/mol. The van der Waals surface area contributed by atoms with E-state index in [0.29, 0.717) is 0 Å². The number of phenolic OH excluding ortho intramolecular Hbond substituents is 3. The summed E-state index contributed by atoms with van der Waals surface area (Å²) in [6, 6.07) is 4.87. The fraction of sp³-hybridized carbons (Fsp3) is 0.348. The molecule has 2 heterocycles. The first kappa shape index (κ1) is 24.4. The Morgan fingerprint density at radius 2 is 1.57 bits per heavy atom. The average molecular weight is 492 g/mol. The summed E-state index contributed by atoms with van der Waals surface area (Å²) >= 11 is 0. The van der Waals surface area contributed by atoms with Crippen LogP contribution in [-0.2, 0) is 4.74 Å². The van der Waals surface area contributed by atoms with E-state index >= 15 is 0 Å². The molecule has 5 atom stereocenters. The molecule has 0 aliphatic carbocycles. The molecule has 12 heteroatoms. The molecule has 0 spiro atoms. The van der Waals surface area contributed by atoms with Crippen molar-refractivity contribution in [3.05, 3.63) is 34.5 Å². The van der Waals surface area contributed by atoms with E-state index in [1.807, 2.05) is 0 Å². The molecule has 1 aromatic heterocycles. The highest BCUT2D eigenvalue weighted by atomic mass is 16.7. The largest absolute Gasteiger partial charge is 0.507 e. The second-order valence-corrected chi connectivity index (χ2v) is 7.93. The molecule has 1 aliphatic heterocycles. The highest BCUT2D eigenvalue weighted by Crippen LogP contribution is 2.44. The number of benzene rings is 2. The summed E-state index contributed by atoms with van der Waals surface area (Å²) in [7, 11) is 2.53. The first-order chi connectivity index (χ1) is 16.6. The molecule has 2 unspecified atom stereocenters. The molecule has 188 valence electrons. The van der Waals surface area contributed by atoms with Crippen LogP contribution in [0, 0.1) is 0 Å². The summed E-state index contributed by atoms with van der Waals surface area (Å²) in [5, 5.41) is 60.6. The van der Waals surface area contributed by atoms with E-state index in [1.54, 1.807) is 0 Å². The van der Waals surface area contributed by atoms with Crippen molar-refractivity contribution >= 4 is 11.0 Å². The molecular formula is C23H24O12. The second kappa shape index (κ2) is 9.15. The van der Waals surface area contributed by atoms with Crippen molar-refractivity contribution in [2.75, 3.05) is 14.2 Å². The van der Waals surface area contributed by atoms with Crippen molar-refractivity contribution in [1.82, 2.24) is 0 Å². The minimum absolute atomic E-state index is 0.0306. The van der Waals surface area contributed by atoms with E-state index in [-0.39, 0.29) is 34.2 Å². The summed E-state index contributed by atoms with van der Waals surface area (Å²) in [5.74, 6) is -2.34. The normalized spacial score (nSPS) is 24.3. The first-order valence-corrected chi connectivity index (χ1v) is 10.4. The standard InChI is InChI=1S/C23H24O12/c1-8-15(27)17(29)18(30)23(33-8)35-22-16(28)14-11(25)7-12(26)20(32-3)21(14)34-19(22)9-4-5-10(24)13(6-9)31-2/h4-8,15,17-18,23-27,29-30H,1-3H3/t8?,15-,17?,18-,23-/m0/s1. The zero-order chi connectivity index (χ0) is 25.6. The Morgan fingerprint density at radius 1 is 0.857 bits per heavy atom. The fourth-order valence-corrected chi connectivity index (χ4v) is 3.84. The molecule has 35 heavy (non-hydrogen) atoms. The summed E-state index contributed by atoms with van der Waals surface area (Å²) in [6.07, 6.45) is -7.37. The van der Waals surface area contributed by atoms with Gasteiger partial charge in [-0.25, -0.2) is 0 Å². The van der Waals surface area contributed by atoms with Crippen LogP contribution in [0.1, 0.15) is 6.92 Å². The molecule has 12 nitrogen and oxygen atoms in total. The predicted octanol–water partition coefficient (Wildman–Crippen LogP) is 0.800. The highest BCUT2D eigenvalue weighted by Gasteiger charge is 2.44. The lowest BCUT2D eigenvalue weighted by molar-refractivity contribution is -0.268. The van der Waals surface area contributed by atoms with Crippen molar-refractivity contribution in [3.8, 4) is 45.8 Å². The summed E-state index contributed by atoms with van der Waals surface area (Å²) in [5.41, 5.74) is -1.07. The van der Waals surface area contributed by atoms with Gasteiger partial charge in [-0.3, -0.25) is 4.79 Å². The van der Waals surface area contributed by atoms with Crippen molar-refractivity contribution in [1.29, 1.82) is 0 Å². The number of fused-ring (bicyclic) bond motifs is 1.